The van der Waals surface area contributed by atoms with E-state index in [0.29, 0.717) is 6.54 Å². The van der Waals surface area contributed by atoms with Crippen LogP contribution in [0.15, 0.2) is 12.4 Å². The third kappa shape index (κ3) is 2.78. The van der Waals surface area contributed by atoms with Gasteiger partial charge in [0.25, 0.3) is 0 Å². The fourth-order valence-electron chi connectivity index (χ4n) is 2.17. The monoisotopic (exact) mass is 248 g/mol. The van der Waals surface area contributed by atoms with Gasteiger partial charge in [0.15, 0.2) is 0 Å². The zero-order chi connectivity index (χ0) is 13.0. The van der Waals surface area contributed by atoms with Crippen molar-refractivity contribution in [1.29, 1.82) is 0 Å². The largest absolute Gasteiger partial charge is 0.356 e. The number of carbonyl (C=O) groups excluding carboxylic acids is 1. The van der Waals surface area contributed by atoms with Crippen LogP contribution in [0, 0.1) is 5.92 Å². The summed E-state index contributed by atoms with van der Waals surface area (Å²) in [6.07, 6.45) is 5.55. The van der Waals surface area contributed by atoms with Gasteiger partial charge in [-0.3, -0.25) is 4.79 Å². The molecule has 0 bridgehead atoms. The summed E-state index contributed by atoms with van der Waals surface area (Å²) in [5, 5.41) is 2.87. The van der Waals surface area contributed by atoms with Crippen molar-refractivity contribution in [3.63, 3.8) is 0 Å². The topological polar surface area (TPSA) is 58.1 Å². The first-order chi connectivity index (χ1) is 8.74. The first kappa shape index (κ1) is 12.8. The van der Waals surface area contributed by atoms with Gasteiger partial charge in [0.05, 0.1) is 5.92 Å². The Kier molecular flexibility index (Phi) is 4.12. The molecule has 1 atom stereocenters. The lowest BCUT2D eigenvalue weighted by Crippen LogP contribution is -2.32. The fraction of sp³-hybridized carbons (Fsp3) is 0.615. The maximum absolute atomic E-state index is 11.7. The summed E-state index contributed by atoms with van der Waals surface area (Å²) in [4.78, 5) is 22.5. The molecule has 0 unspecified atom stereocenters. The lowest BCUT2D eigenvalue weighted by Gasteiger charge is -2.16. The predicted octanol–water partition coefficient (Wildman–Crippen LogP) is 1.00. The minimum absolute atomic E-state index is 0.0689. The second kappa shape index (κ2) is 5.80. The van der Waals surface area contributed by atoms with Crippen molar-refractivity contribution in [3.05, 3.63) is 18.0 Å². The number of rotatable bonds is 4. The Balaban J connectivity index is 1.97. The summed E-state index contributed by atoms with van der Waals surface area (Å²) >= 11 is 0. The minimum atomic E-state index is 0.0689. The number of amides is 1. The molecule has 1 fully saturated rings. The van der Waals surface area contributed by atoms with E-state index in [4.69, 9.17) is 0 Å². The first-order valence-electron chi connectivity index (χ1n) is 6.58. The summed E-state index contributed by atoms with van der Waals surface area (Å²) in [6, 6.07) is 0. The van der Waals surface area contributed by atoms with E-state index in [0.717, 1.165) is 37.4 Å². The van der Waals surface area contributed by atoms with E-state index in [2.05, 4.69) is 27.1 Å². The minimum Gasteiger partial charge on any atom is -0.356 e. The third-order valence-corrected chi connectivity index (χ3v) is 3.29. The summed E-state index contributed by atoms with van der Waals surface area (Å²) in [7, 11) is 0. The van der Waals surface area contributed by atoms with E-state index in [1.54, 1.807) is 0 Å². The number of carbonyl (C=O) groups is 1. The third-order valence-electron chi connectivity index (χ3n) is 3.29. The van der Waals surface area contributed by atoms with Crippen molar-refractivity contribution < 1.29 is 4.79 Å². The molecule has 1 aliphatic heterocycles. The van der Waals surface area contributed by atoms with Gasteiger partial charge in [-0.1, -0.05) is 6.92 Å². The number of hydrogen-bond donors (Lipinski definition) is 1. The second-order valence-electron chi connectivity index (χ2n) is 4.57. The highest BCUT2D eigenvalue weighted by molar-refractivity contribution is 5.79. The fourth-order valence-corrected chi connectivity index (χ4v) is 2.17. The molecule has 5 heteroatoms. The van der Waals surface area contributed by atoms with E-state index in [-0.39, 0.29) is 11.8 Å². The van der Waals surface area contributed by atoms with Crippen molar-refractivity contribution >= 4 is 11.9 Å². The number of nitrogens with zero attached hydrogens (tertiary/aromatic N) is 3. The van der Waals surface area contributed by atoms with Crippen molar-refractivity contribution in [2.24, 2.45) is 5.92 Å². The van der Waals surface area contributed by atoms with Crippen LogP contribution in [0.3, 0.4) is 0 Å². The Morgan fingerprint density at radius 3 is 2.78 bits per heavy atom. The van der Waals surface area contributed by atoms with Gasteiger partial charge < -0.3 is 10.2 Å². The molecule has 0 saturated carbocycles. The van der Waals surface area contributed by atoms with Crippen molar-refractivity contribution in [2.75, 3.05) is 24.5 Å². The molecule has 0 aliphatic carbocycles. The molecule has 2 heterocycles. The van der Waals surface area contributed by atoms with Gasteiger partial charge in [0.1, 0.15) is 0 Å². The van der Waals surface area contributed by atoms with Crippen molar-refractivity contribution in [1.82, 2.24) is 15.3 Å². The molecule has 1 amide bonds. The van der Waals surface area contributed by atoms with Gasteiger partial charge >= 0.3 is 0 Å². The molecule has 5 nitrogen and oxygen atoms in total. The summed E-state index contributed by atoms with van der Waals surface area (Å²) in [5.74, 6) is 0.948. The number of aryl methyl sites for hydroxylation is 1. The van der Waals surface area contributed by atoms with E-state index >= 15 is 0 Å². The SMILES string of the molecule is CCNC(=O)[C@@H]1CCN(c2ncc(CC)cn2)C1. The van der Waals surface area contributed by atoms with Crippen LogP contribution in [0.25, 0.3) is 0 Å². The molecule has 0 spiro atoms. The van der Waals surface area contributed by atoms with Crippen LogP contribution in [-0.2, 0) is 11.2 Å². The number of aromatic nitrogens is 2. The maximum atomic E-state index is 11.7. The highest BCUT2D eigenvalue weighted by atomic mass is 16.1. The molecule has 1 saturated heterocycles. The van der Waals surface area contributed by atoms with E-state index in [9.17, 15) is 4.79 Å². The molecule has 18 heavy (non-hydrogen) atoms. The van der Waals surface area contributed by atoms with Crippen molar-refractivity contribution in [2.45, 2.75) is 26.7 Å². The van der Waals surface area contributed by atoms with Crippen LogP contribution in [0.4, 0.5) is 5.95 Å². The molecule has 1 N–H and O–H groups in total. The average molecular weight is 248 g/mol. The highest BCUT2D eigenvalue weighted by Gasteiger charge is 2.29. The molecule has 1 aliphatic rings. The van der Waals surface area contributed by atoms with Gasteiger partial charge in [-0.15, -0.1) is 0 Å². The lowest BCUT2D eigenvalue weighted by atomic mass is 10.1. The number of nitrogens with one attached hydrogen (secondary N) is 1. The molecular weight excluding hydrogens is 228 g/mol. The normalized spacial score (nSPS) is 19.0. The Bertz CT molecular complexity index is 404. The Morgan fingerprint density at radius 2 is 2.17 bits per heavy atom. The van der Waals surface area contributed by atoms with Gasteiger partial charge in [-0.05, 0) is 25.3 Å². The van der Waals surface area contributed by atoms with Crippen LogP contribution in [0.1, 0.15) is 25.8 Å². The standard InChI is InChI=1S/C13H20N4O/c1-3-10-7-15-13(16-8-10)17-6-5-11(9-17)12(18)14-4-2/h7-8,11H,3-6,9H2,1-2H3,(H,14,18)/t11-/m1/s1. The van der Waals surface area contributed by atoms with E-state index < -0.39 is 0 Å². The Labute approximate surface area is 108 Å². The van der Waals surface area contributed by atoms with Gasteiger partial charge in [0.2, 0.25) is 11.9 Å². The molecule has 98 valence electrons. The quantitative estimate of drug-likeness (QED) is 0.863. The van der Waals surface area contributed by atoms with Gasteiger partial charge in [-0.25, -0.2) is 9.97 Å². The van der Waals surface area contributed by atoms with Crippen LogP contribution in [0.5, 0.6) is 0 Å². The zero-order valence-corrected chi connectivity index (χ0v) is 11.0. The van der Waals surface area contributed by atoms with Crippen molar-refractivity contribution in [3.8, 4) is 0 Å². The van der Waals surface area contributed by atoms with E-state index in [1.165, 1.54) is 0 Å². The summed E-state index contributed by atoms with van der Waals surface area (Å²) in [5.41, 5.74) is 1.14. The zero-order valence-electron chi connectivity index (χ0n) is 11.0. The maximum Gasteiger partial charge on any atom is 0.225 e. The van der Waals surface area contributed by atoms with Crippen LogP contribution >= 0.6 is 0 Å². The summed E-state index contributed by atoms with van der Waals surface area (Å²) in [6.45, 7) is 6.29. The molecule has 0 radical (unpaired) electrons. The summed E-state index contributed by atoms with van der Waals surface area (Å²) < 4.78 is 0. The highest BCUT2D eigenvalue weighted by Crippen LogP contribution is 2.20. The van der Waals surface area contributed by atoms with Gasteiger partial charge in [-0.2, -0.15) is 0 Å². The molecule has 0 aromatic carbocycles. The molecule has 2 rings (SSSR count). The number of anilines is 1. The molecule has 1 aromatic rings. The first-order valence-corrected chi connectivity index (χ1v) is 6.58. The average Bonchev–Trinajstić information content (AvgIpc) is 2.89. The van der Waals surface area contributed by atoms with Crippen LogP contribution in [-0.4, -0.2) is 35.5 Å². The van der Waals surface area contributed by atoms with Crippen LogP contribution < -0.4 is 10.2 Å². The Morgan fingerprint density at radius 1 is 1.44 bits per heavy atom. The predicted molar refractivity (Wildman–Crippen MR) is 70.4 cm³/mol. The Hall–Kier alpha value is -1.65. The van der Waals surface area contributed by atoms with Gasteiger partial charge in [0, 0.05) is 32.0 Å². The second-order valence-corrected chi connectivity index (χ2v) is 4.57. The molecule has 1 aromatic heterocycles. The molecular formula is C13H20N4O. The smallest absolute Gasteiger partial charge is 0.225 e. The lowest BCUT2D eigenvalue weighted by molar-refractivity contribution is -0.124. The van der Waals surface area contributed by atoms with Crippen LogP contribution in [0.2, 0.25) is 0 Å². The number of hydrogen-bond acceptors (Lipinski definition) is 4. The van der Waals surface area contributed by atoms with E-state index in [1.807, 2.05) is 19.3 Å².